The molecule has 1 aliphatic rings. The van der Waals surface area contributed by atoms with E-state index in [0.717, 1.165) is 29.1 Å². The maximum atomic E-state index is 13.1. The molecule has 2 aromatic carbocycles. The number of nitrogens with zero attached hydrogens (tertiary/aromatic N) is 5. The number of piperazine rings is 1. The van der Waals surface area contributed by atoms with Crippen molar-refractivity contribution in [2.24, 2.45) is 0 Å². The minimum atomic E-state index is -0.0827. The van der Waals surface area contributed by atoms with Gasteiger partial charge in [0.2, 0.25) is 5.91 Å². The lowest BCUT2D eigenvalue weighted by molar-refractivity contribution is -0.132. The third-order valence-electron chi connectivity index (χ3n) is 6.16. The molecule has 7 nitrogen and oxygen atoms in total. The number of carbonyl (C=O) groups excluding carboxylic acids is 2. The average molecular weight is 458 g/mol. The van der Waals surface area contributed by atoms with E-state index in [1.165, 1.54) is 0 Å². The zero-order valence-corrected chi connectivity index (χ0v) is 19.9. The molecule has 7 heteroatoms. The van der Waals surface area contributed by atoms with Crippen LogP contribution in [0, 0.1) is 6.92 Å². The highest BCUT2D eigenvalue weighted by atomic mass is 16.2. The molecule has 0 atom stereocenters. The summed E-state index contributed by atoms with van der Waals surface area (Å²) in [4.78, 5) is 31.8. The van der Waals surface area contributed by atoms with E-state index in [1.54, 1.807) is 4.90 Å². The lowest BCUT2D eigenvalue weighted by atomic mass is 10.1. The van der Waals surface area contributed by atoms with E-state index < -0.39 is 0 Å². The molecule has 0 spiro atoms. The molecule has 1 aliphatic heterocycles. The third-order valence-corrected chi connectivity index (χ3v) is 6.16. The summed E-state index contributed by atoms with van der Waals surface area (Å²) >= 11 is 0. The summed E-state index contributed by atoms with van der Waals surface area (Å²) in [7, 11) is 0. The molecule has 2 amide bonds. The van der Waals surface area contributed by atoms with Crippen LogP contribution in [0.4, 0.5) is 5.82 Å². The quantitative estimate of drug-likeness (QED) is 0.542. The molecule has 1 aromatic heterocycles. The number of anilines is 1. The highest BCUT2D eigenvalue weighted by Crippen LogP contribution is 2.19. The third kappa shape index (κ3) is 5.42. The Hall–Kier alpha value is -3.74. The van der Waals surface area contributed by atoms with Crippen molar-refractivity contribution in [3.63, 3.8) is 0 Å². The highest BCUT2D eigenvalue weighted by Gasteiger charge is 2.26. The number of rotatable bonds is 7. The Morgan fingerprint density at radius 1 is 0.882 bits per heavy atom. The topological polar surface area (TPSA) is 69.6 Å². The van der Waals surface area contributed by atoms with Crippen LogP contribution in [0.25, 0.3) is 11.3 Å². The molecule has 176 valence electrons. The molecule has 0 aliphatic carbocycles. The fraction of sp³-hybridized carbons (Fsp3) is 0.333. The van der Waals surface area contributed by atoms with Gasteiger partial charge < -0.3 is 14.7 Å². The lowest BCUT2D eigenvalue weighted by Gasteiger charge is -2.36. The largest absolute Gasteiger partial charge is 0.352 e. The first-order chi connectivity index (χ1) is 16.6. The van der Waals surface area contributed by atoms with Crippen molar-refractivity contribution in [3.8, 4) is 11.3 Å². The first-order valence-corrected chi connectivity index (χ1v) is 11.8. The second kappa shape index (κ2) is 10.9. The molecular weight excluding hydrogens is 426 g/mol. The van der Waals surface area contributed by atoms with Crippen LogP contribution in [-0.4, -0.2) is 71.1 Å². The van der Waals surface area contributed by atoms with E-state index in [4.69, 9.17) is 0 Å². The van der Waals surface area contributed by atoms with Gasteiger partial charge in [-0.05, 0) is 37.1 Å². The lowest BCUT2D eigenvalue weighted by Crippen LogP contribution is -2.52. The minimum Gasteiger partial charge on any atom is -0.352 e. The second-order valence-corrected chi connectivity index (χ2v) is 8.55. The van der Waals surface area contributed by atoms with Crippen LogP contribution in [0.15, 0.2) is 66.7 Å². The van der Waals surface area contributed by atoms with Crippen molar-refractivity contribution in [2.45, 2.75) is 20.3 Å². The molecular formula is C27H31N5O2. The van der Waals surface area contributed by atoms with Gasteiger partial charge in [0.05, 0.1) is 5.69 Å². The van der Waals surface area contributed by atoms with Gasteiger partial charge in [-0.1, -0.05) is 55.5 Å². The summed E-state index contributed by atoms with van der Waals surface area (Å²) in [6.45, 7) is 7.17. The van der Waals surface area contributed by atoms with Gasteiger partial charge in [0, 0.05) is 43.9 Å². The summed E-state index contributed by atoms with van der Waals surface area (Å²) in [6, 6.07) is 21.5. The Kier molecular flexibility index (Phi) is 7.52. The molecule has 4 rings (SSSR count). The maximum absolute atomic E-state index is 13.1. The fourth-order valence-electron chi connectivity index (χ4n) is 4.21. The summed E-state index contributed by atoms with van der Waals surface area (Å²) in [5.41, 5.74) is 3.46. The van der Waals surface area contributed by atoms with E-state index in [-0.39, 0.29) is 18.4 Å². The number of hydrogen-bond donors (Lipinski definition) is 0. The molecule has 0 N–H and O–H groups in total. The molecule has 3 aromatic rings. The normalized spacial score (nSPS) is 13.6. The van der Waals surface area contributed by atoms with E-state index >= 15 is 0 Å². The molecule has 1 saturated heterocycles. The number of aryl methyl sites for hydroxylation is 1. The molecule has 2 heterocycles. The van der Waals surface area contributed by atoms with Crippen LogP contribution < -0.4 is 4.90 Å². The number of aromatic nitrogens is 2. The molecule has 0 bridgehead atoms. The minimum absolute atomic E-state index is 0.0134. The van der Waals surface area contributed by atoms with Gasteiger partial charge >= 0.3 is 0 Å². The van der Waals surface area contributed by atoms with Crippen LogP contribution >= 0.6 is 0 Å². The first kappa shape index (κ1) is 23.4. The van der Waals surface area contributed by atoms with Gasteiger partial charge in [-0.2, -0.15) is 0 Å². The standard InChI is InChI=1S/C27H31N5O2/c1-3-15-32(27(34)23-12-8-7-9-21(23)2)20-26(33)31-18-16-30(17-19-31)25-14-13-24(28-29-25)22-10-5-4-6-11-22/h4-14H,3,15-20H2,1-2H3. The van der Waals surface area contributed by atoms with Crippen LogP contribution in [-0.2, 0) is 4.79 Å². The maximum Gasteiger partial charge on any atom is 0.254 e. The van der Waals surface area contributed by atoms with Crippen molar-refractivity contribution in [1.82, 2.24) is 20.0 Å². The van der Waals surface area contributed by atoms with Gasteiger partial charge in [-0.15, -0.1) is 10.2 Å². The van der Waals surface area contributed by atoms with Crippen molar-refractivity contribution in [1.29, 1.82) is 0 Å². The average Bonchev–Trinajstić information content (AvgIpc) is 2.89. The monoisotopic (exact) mass is 457 g/mol. The highest BCUT2D eigenvalue weighted by molar-refractivity contribution is 5.97. The predicted molar refractivity (Wildman–Crippen MR) is 134 cm³/mol. The molecule has 0 saturated carbocycles. The van der Waals surface area contributed by atoms with Crippen molar-refractivity contribution in [2.75, 3.05) is 44.2 Å². The Morgan fingerprint density at radius 3 is 2.24 bits per heavy atom. The van der Waals surface area contributed by atoms with Crippen LogP contribution in [0.5, 0.6) is 0 Å². The number of carbonyl (C=O) groups is 2. The number of amides is 2. The Labute approximate surface area is 201 Å². The summed E-state index contributed by atoms with van der Waals surface area (Å²) in [5.74, 6) is 0.718. The van der Waals surface area contributed by atoms with Crippen LogP contribution in [0.2, 0.25) is 0 Å². The summed E-state index contributed by atoms with van der Waals surface area (Å²) in [6.07, 6.45) is 0.802. The van der Waals surface area contributed by atoms with E-state index in [0.29, 0.717) is 38.3 Å². The predicted octanol–water partition coefficient (Wildman–Crippen LogP) is 3.65. The zero-order chi connectivity index (χ0) is 23.9. The van der Waals surface area contributed by atoms with Crippen molar-refractivity contribution < 1.29 is 9.59 Å². The SMILES string of the molecule is CCCN(CC(=O)N1CCN(c2ccc(-c3ccccc3)nn2)CC1)C(=O)c1ccccc1C. The van der Waals surface area contributed by atoms with Gasteiger partial charge in [0.15, 0.2) is 5.82 Å². The van der Waals surface area contributed by atoms with Gasteiger partial charge in [-0.25, -0.2) is 0 Å². The fourth-order valence-corrected chi connectivity index (χ4v) is 4.21. The van der Waals surface area contributed by atoms with E-state index in [2.05, 4.69) is 15.1 Å². The Bertz CT molecular complexity index is 1110. The van der Waals surface area contributed by atoms with Crippen LogP contribution in [0.3, 0.4) is 0 Å². The number of hydrogen-bond acceptors (Lipinski definition) is 5. The molecule has 0 unspecified atom stereocenters. The Morgan fingerprint density at radius 2 is 1.59 bits per heavy atom. The molecule has 0 radical (unpaired) electrons. The van der Waals surface area contributed by atoms with E-state index in [9.17, 15) is 9.59 Å². The molecule has 1 fully saturated rings. The van der Waals surface area contributed by atoms with Gasteiger partial charge in [0.1, 0.15) is 6.54 Å². The zero-order valence-electron chi connectivity index (χ0n) is 19.9. The van der Waals surface area contributed by atoms with Crippen molar-refractivity contribution >= 4 is 17.6 Å². The van der Waals surface area contributed by atoms with E-state index in [1.807, 2.05) is 85.5 Å². The molecule has 34 heavy (non-hydrogen) atoms. The van der Waals surface area contributed by atoms with Crippen LogP contribution in [0.1, 0.15) is 29.3 Å². The van der Waals surface area contributed by atoms with Gasteiger partial charge in [-0.3, -0.25) is 9.59 Å². The smallest absolute Gasteiger partial charge is 0.254 e. The first-order valence-electron chi connectivity index (χ1n) is 11.8. The van der Waals surface area contributed by atoms with Gasteiger partial charge in [0.25, 0.3) is 5.91 Å². The van der Waals surface area contributed by atoms with Crippen molar-refractivity contribution in [3.05, 3.63) is 77.9 Å². The Balaban J connectivity index is 1.34. The second-order valence-electron chi connectivity index (χ2n) is 8.55. The summed E-state index contributed by atoms with van der Waals surface area (Å²) < 4.78 is 0. The summed E-state index contributed by atoms with van der Waals surface area (Å²) in [5, 5.41) is 8.78. The number of benzene rings is 2.